The van der Waals surface area contributed by atoms with E-state index in [1.165, 1.54) is 16.7 Å². The third-order valence-corrected chi connectivity index (χ3v) is 4.66. The number of hydrogen-bond donors (Lipinski definition) is 1. The van der Waals surface area contributed by atoms with Gasteiger partial charge in [-0.2, -0.15) is 0 Å². The first-order valence-electron chi connectivity index (χ1n) is 8.24. The second-order valence-electron chi connectivity index (χ2n) is 5.88. The maximum Gasteiger partial charge on any atom is 0.124 e. The van der Waals surface area contributed by atoms with Gasteiger partial charge in [0.15, 0.2) is 0 Å². The molecule has 128 valence electrons. The summed E-state index contributed by atoms with van der Waals surface area (Å²) >= 11 is 6.30. The molecule has 1 N–H and O–H groups in total. The van der Waals surface area contributed by atoms with Crippen LogP contribution in [0.4, 0.5) is 0 Å². The van der Waals surface area contributed by atoms with Crippen molar-refractivity contribution in [3.63, 3.8) is 0 Å². The molecule has 1 aromatic heterocycles. The minimum atomic E-state index is 0.201. The highest BCUT2D eigenvalue weighted by atomic mass is 35.5. The van der Waals surface area contributed by atoms with E-state index in [0.29, 0.717) is 11.6 Å². The lowest BCUT2D eigenvalue weighted by Crippen LogP contribution is -2.18. The summed E-state index contributed by atoms with van der Waals surface area (Å²) in [5.41, 5.74) is 4.56. The average Bonchev–Trinajstić information content (AvgIpc) is 2.67. The van der Waals surface area contributed by atoms with Crippen molar-refractivity contribution in [1.82, 2.24) is 10.3 Å². The lowest BCUT2D eigenvalue weighted by molar-refractivity contribution is 0.406. The first-order chi connectivity index (χ1) is 12.2. The first-order valence-corrected chi connectivity index (χ1v) is 8.62. The Hall–Kier alpha value is -2.36. The van der Waals surface area contributed by atoms with Gasteiger partial charge in [-0.25, -0.2) is 0 Å². The SMILES string of the molecule is COc1cccc(Cl)c1CNC(C)c1ccc(-c2ccncc2)cc1. The van der Waals surface area contributed by atoms with Crippen LogP contribution < -0.4 is 10.1 Å². The normalized spacial score (nSPS) is 12.0. The summed E-state index contributed by atoms with van der Waals surface area (Å²) in [6.07, 6.45) is 3.62. The molecule has 0 fully saturated rings. The second-order valence-corrected chi connectivity index (χ2v) is 6.29. The zero-order valence-corrected chi connectivity index (χ0v) is 15.1. The number of nitrogens with zero attached hydrogens (tertiary/aromatic N) is 1. The second kappa shape index (κ2) is 8.15. The molecule has 0 aliphatic carbocycles. The molecule has 0 aliphatic heterocycles. The number of halogens is 1. The summed E-state index contributed by atoms with van der Waals surface area (Å²) in [5, 5.41) is 4.23. The van der Waals surface area contributed by atoms with Crippen LogP contribution in [-0.2, 0) is 6.54 Å². The van der Waals surface area contributed by atoms with E-state index in [9.17, 15) is 0 Å². The Morgan fingerprint density at radius 2 is 1.68 bits per heavy atom. The summed E-state index contributed by atoms with van der Waals surface area (Å²) in [7, 11) is 1.66. The van der Waals surface area contributed by atoms with Gasteiger partial charge in [0, 0.05) is 35.6 Å². The van der Waals surface area contributed by atoms with Crippen LogP contribution >= 0.6 is 11.6 Å². The standard InChI is InChI=1S/C21H21ClN2O/c1-15(24-14-19-20(22)4-3-5-21(19)25-2)16-6-8-17(9-7-16)18-10-12-23-13-11-18/h3-13,15,24H,14H2,1-2H3. The number of methoxy groups -OCH3 is 1. The number of nitrogens with one attached hydrogen (secondary N) is 1. The van der Waals surface area contributed by atoms with E-state index >= 15 is 0 Å². The number of ether oxygens (including phenoxy) is 1. The van der Waals surface area contributed by atoms with Crippen LogP contribution in [0.3, 0.4) is 0 Å². The Balaban J connectivity index is 1.69. The fourth-order valence-electron chi connectivity index (χ4n) is 2.78. The Labute approximate surface area is 153 Å². The molecular formula is C21H21ClN2O. The van der Waals surface area contributed by atoms with Gasteiger partial charge >= 0.3 is 0 Å². The zero-order valence-electron chi connectivity index (χ0n) is 14.4. The van der Waals surface area contributed by atoms with Crippen LogP contribution in [0.25, 0.3) is 11.1 Å². The predicted molar refractivity (Wildman–Crippen MR) is 103 cm³/mol. The van der Waals surface area contributed by atoms with E-state index in [4.69, 9.17) is 16.3 Å². The lowest BCUT2D eigenvalue weighted by Gasteiger charge is -2.17. The van der Waals surface area contributed by atoms with Gasteiger partial charge in [0.25, 0.3) is 0 Å². The maximum atomic E-state index is 6.30. The molecule has 0 bridgehead atoms. The van der Waals surface area contributed by atoms with Crippen LogP contribution in [-0.4, -0.2) is 12.1 Å². The molecule has 2 aromatic carbocycles. The molecule has 0 aliphatic rings. The molecule has 0 saturated carbocycles. The van der Waals surface area contributed by atoms with Crippen molar-refractivity contribution in [1.29, 1.82) is 0 Å². The van der Waals surface area contributed by atoms with Gasteiger partial charge in [0.05, 0.1) is 7.11 Å². The molecule has 1 atom stereocenters. The fourth-order valence-corrected chi connectivity index (χ4v) is 3.02. The highest BCUT2D eigenvalue weighted by molar-refractivity contribution is 6.31. The summed E-state index contributed by atoms with van der Waals surface area (Å²) in [4.78, 5) is 4.06. The molecule has 1 heterocycles. The Morgan fingerprint density at radius 3 is 2.36 bits per heavy atom. The van der Waals surface area contributed by atoms with Crippen molar-refractivity contribution in [2.75, 3.05) is 7.11 Å². The molecule has 0 amide bonds. The van der Waals surface area contributed by atoms with E-state index in [0.717, 1.165) is 11.3 Å². The minimum absolute atomic E-state index is 0.201. The summed E-state index contributed by atoms with van der Waals surface area (Å²) in [6, 6.07) is 18.5. The molecule has 25 heavy (non-hydrogen) atoms. The zero-order chi connectivity index (χ0) is 17.6. The first kappa shape index (κ1) is 17.5. The summed E-state index contributed by atoms with van der Waals surface area (Å²) < 4.78 is 5.40. The van der Waals surface area contributed by atoms with E-state index in [2.05, 4.69) is 41.5 Å². The monoisotopic (exact) mass is 352 g/mol. The van der Waals surface area contributed by atoms with Gasteiger partial charge < -0.3 is 10.1 Å². The maximum absolute atomic E-state index is 6.30. The fraction of sp³-hybridized carbons (Fsp3) is 0.190. The van der Waals surface area contributed by atoms with Gasteiger partial charge in [-0.1, -0.05) is 41.9 Å². The number of pyridine rings is 1. The molecule has 0 saturated heterocycles. The van der Waals surface area contributed by atoms with Crippen molar-refractivity contribution in [2.24, 2.45) is 0 Å². The molecule has 0 radical (unpaired) electrons. The molecule has 3 aromatic rings. The quantitative estimate of drug-likeness (QED) is 0.657. The van der Waals surface area contributed by atoms with Crippen molar-refractivity contribution < 1.29 is 4.74 Å². The highest BCUT2D eigenvalue weighted by Crippen LogP contribution is 2.27. The number of aromatic nitrogens is 1. The third-order valence-electron chi connectivity index (χ3n) is 4.31. The van der Waals surface area contributed by atoms with Crippen LogP contribution in [0.2, 0.25) is 5.02 Å². The Morgan fingerprint density at radius 1 is 1.00 bits per heavy atom. The minimum Gasteiger partial charge on any atom is -0.496 e. The van der Waals surface area contributed by atoms with Crippen molar-refractivity contribution in [3.05, 3.63) is 83.1 Å². The molecule has 1 unspecified atom stereocenters. The van der Waals surface area contributed by atoms with E-state index < -0.39 is 0 Å². The van der Waals surface area contributed by atoms with Crippen LogP contribution in [0.1, 0.15) is 24.1 Å². The molecule has 4 heteroatoms. The third kappa shape index (κ3) is 4.19. The number of hydrogen-bond acceptors (Lipinski definition) is 3. The van der Waals surface area contributed by atoms with Crippen molar-refractivity contribution in [2.45, 2.75) is 19.5 Å². The van der Waals surface area contributed by atoms with Gasteiger partial charge in [-0.05, 0) is 47.9 Å². The van der Waals surface area contributed by atoms with Gasteiger partial charge in [0.1, 0.15) is 5.75 Å². The topological polar surface area (TPSA) is 34.1 Å². The lowest BCUT2D eigenvalue weighted by atomic mass is 10.0. The molecule has 0 spiro atoms. The van der Waals surface area contributed by atoms with Gasteiger partial charge in [-0.3, -0.25) is 4.98 Å². The summed E-state index contributed by atoms with van der Waals surface area (Å²) in [6.45, 7) is 2.79. The van der Waals surface area contributed by atoms with E-state index in [-0.39, 0.29) is 6.04 Å². The van der Waals surface area contributed by atoms with Crippen molar-refractivity contribution in [3.8, 4) is 16.9 Å². The van der Waals surface area contributed by atoms with Crippen LogP contribution in [0.5, 0.6) is 5.75 Å². The summed E-state index contributed by atoms with van der Waals surface area (Å²) in [5.74, 6) is 0.806. The number of rotatable bonds is 6. The molecular weight excluding hydrogens is 332 g/mol. The number of benzene rings is 2. The smallest absolute Gasteiger partial charge is 0.124 e. The molecule has 3 rings (SSSR count). The van der Waals surface area contributed by atoms with Crippen LogP contribution in [0, 0.1) is 0 Å². The highest BCUT2D eigenvalue weighted by Gasteiger charge is 2.10. The Bertz CT molecular complexity index is 819. The largest absolute Gasteiger partial charge is 0.496 e. The van der Waals surface area contributed by atoms with Crippen LogP contribution in [0.15, 0.2) is 67.0 Å². The Kier molecular flexibility index (Phi) is 5.69. The van der Waals surface area contributed by atoms with E-state index in [1.54, 1.807) is 7.11 Å². The van der Waals surface area contributed by atoms with Gasteiger partial charge in [0.2, 0.25) is 0 Å². The van der Waals surface area contributed by atoms with E-state index in [1.807, 2.05) is 42.7 Å². The van der Waals surface area contributed by atoms with Gasteiger partial charge in [-0.15, -0.1) is 0 Å². The molecule has 3 nitrogen and oxygen atoms in total. The predicted octanol–water partition coefficient (Wildman–Crippen LogP) is 5.26. The van der Waals surface area contributed by atoms with Crippen molar-refractivity contribution >= 4 is 11.6 Å². The average molecular weight is 353 g/mol.